The van der Waals surface area contributed by atoms with Crippen molar-refractivity contribution in [1.82, 2.24) is 0 Å². The average molecular weight is 969 g/mol. The summed E-state index contributed by atoms with van der Waals surface area (Å²) in [4.78, 5) is 20.1. The number of esters is 1. The Balaban J connectivity index is 1.13. The normalized spacial score (nSPS) is 13.3. The number of anilines is 6. The minimum Gasteiger partial charge on any atom is -0.457 e. The van der Waals surface area contributed by atoms with Gasteiger partial charge in [0, 0.05) is 34.1 Å². The van der Waals surface area contributed by atoms with Crippen molar-refractivity contribution in [3.05, 3.63) is 258 Å². The Morgan fingerprint density at radius 3 is 1.32 bits per heavy atom. The molecule has 0 spiro atoms. The molecule has 0 bridgehead atoms. The summed E-state index contributed by atoms with van der Waals surface area (Å²) in [5, 5.41) is 0. The number of carbonyl (C=O) groups excluding carboxylic acids is 1. The second-order valence-electron chi connectivity index (χ2n) is 21.5. The van der Waals surface area contributed by atoms with Crippen molar-refractivity contribution in [2.24, 2.45) is 0 Å². The maximum Gasteiger partial charge on any atom is 0.338 e. The molecule has 1 aliphatic carbocycles. The number of aryl methyl sites for hydroxylation is 2. The van der Waals surface area contributed by atoms with Crippen molar-refractivity contribution in [2.45, 2.75) is 58.5 Å². The molecule has 0 radical (unpaired) electrons. The van der Waals surface area contributed by atoms with E-state index < -0.39 is 0 Å². The molecule has 362 valence electrons. The Morgan fingerprint density at radius 1 is 0.440 bits per heavy atom. The fourth-order valence-corrected chi connectivity index (χ4v) is 11.8. The maximum absolute atomic E-state index is 15.1. The molecule has 0 unspecified atom stereocenters. The minimum absolute atomic E-state index is 0.139. The highest BCUT2D eigenvalue weighted by molar-refractivity contribution is 7.00. The standard InChI is InChI=1S/C70H57BN2O2/c1-70(2,3)59-33-34-62-65(45-59)73(61-39-56(50-27-15-7-16-28-50)36-57(40-61)51-29-17-8-18-30-51)67-44-58(69(74)75-46-47-21-9-4-10-22-47)43-66-68(67)71(62)63-41-52-31-19-20-32-53(52)42-64(63)72(66)60-37-54(48-23-11-5-12-24-48)35-55(38-60)49-25-13-6-14-26-49/h4-18,21-30,33-45H,19-20,31-32,46H2,1-3H3. The summed E-state index contributed by atoms with van der Waals surface area (Å²) >= 11 is 0. The van der Waals surface area contributed by atoms with E-state index in [0.717, 1.165) is 109 Å². The van der Waals surface area contributed by atoms with Crippen molar-refractivity contribution in [3.8, 4) is 44.5 Å². The number of ether oxygens (including phenoxy) is 1. The SMILES string of the molecule is CC(C)(C)c1ccc2c(c1)N(c1cc(-c3ccccc3)cc(-c3ccccc3)c1)c1cc(C(=O)OCc3ccccc3)cc3c1B2c1cc2c(cc1N3c1cc(-c3ccccc3)cc(-c3ccccc3)c1)CCCC2. The monoisotopic (exact) mass is 968 g/mol. The van der Waals surface area contributed by atoms with Crippen LogP contribution in [0.3, 0.4) is 0 Å². The third-order valence-electron chi connectivity index (χ3n) is 15.6. The van der Waals surface area contributed by atoms with E-state index in [2.05, 4.69) is 231 Å². The van der Waals surface area contributed by atoms with Gasteiger partial charge in [-0.05, 0) is 175 Å². The van der Waals surface area contributed by atoms with Gasteiger partial charge in [0.1, 0.15) is 6.61 Å². The molecule has 75 heavy (non-hydrogen) atoms. The van der Waals surface area contributed by atoms with Gasteiger partial charge in [0.15, 0.2) is 0 Å². The first kappa shape index (κ1) is 46.1. The molecular formula is C70H57BN2O2. The molecule has 2 aliphatic heterocycles. The van der Waals surface area contributed by atoms with Crippen LogP contribution in [0.25, 0.3) is 44.5 Å². The summed E-state index contributed by atoms with van der Waals surface area (Å²) in [6.07, 6.45) is 4.43. The van der Waals surface area contributed by atoms with Crippen LogP contribution in [-0.4, -0.2) is 12.7 Å². The third kappa shape index (κ3) is 8.62. The smallest absolute Gasteiger partial charge is 0.338 e. The largest absolute Gasteiger partial charge is 0.457 e. The van der Waals surface area contributed by atoms with Gasteiger partial charge in [0.05, 0.1) is 5.56 Å². The molecule has 3 aliphatic rings. The van der Waals surface area contributed by atoms with Gasteiger partial charge in [0.25, 0.3) is 6.71 Å². The molecular weight excluding hydrogens is 912 g/mol. The van der Waals surface area contributed by atoms with Gasteiger partial charge in [-0.15, -0.1) is 0 Å². The van der Waals surface area contributed by atoms with Gasteiger partial charge >= 0.3 is 5.97 Å². The number of hydrogen-bond acceptors (Lipinski definition) is 4. The highest BCUT2D eigenvalue weighted by Gasteiger charge is 2.45. The van der Waals surface area contributed by atoms with E-state index in [-0.39, 0.29) is 24.7 Å². The summed E-state index contributed by atoms with van der Waals surface area (Å²) < 4.78 is 6.34. The molecule has 0 aromatic heterocycles. The summed E-state index contributed by atoms with van der Waals surface area (Å²) in [6, 6.07) is 83.3. The number of nitrogens with zero attached hydrogens (tertiary/aromatic N) is 2. The predicted molar refractivity (Wildman–Crippen MR) is 313 cm³/mol. The van der Waals surface area contributed by atoms with Crippen molar-refractivity contribution >= 4 is 63.2 Å². The Morgan fingerprint density at radius 2 is 0.867 bits per heavy atom. The van der Waals surface area contributed by atoms with Crippen molar-refractivity contribution in [1.29, 1.82) is 0 Å². The van der Waals surface area contributed by atoms with Crippen LogP contribution < -0.4 is 26.2 Å². The zero-order chi connectivity index (χ0) is 50.6. The molecule has 13 rings (SSSR count). The third-order valence-corrected chi connectivity index (χ3v) is 15.6. The van der Waals surface area contributed by atoms with Crippen LogP contribution in [-0.2, 0) is 29.6 Å². The Kier molecular flexibility index (Phi) is 11.7. The highest BCUT2D eigenvalue weighted by atomic mass is 16.5. The molecule has 0 N–H and O–H groups in total. The predicted octanol–water partition coefficient (Wildman–Crippen LogP) is 16.0. The van der Waals surface area contributed by atoms with Crippen LogP contribution in [0.2, 0.25) is 0 Å². The lowest BCUT2D eigenvalue weighted by molar-refractivity contribution is 0.0473. The van der Waals surface area contributed by atoms with E-state index in [0.29, 0.717) is 5.56 Å². The first-order valence-corrected chi connectivity index (χ1v) is 26.5. The molecule has 0 atom stereocenters. The van der Waals surface area contributed by atoms with Crippen molar-refractivity contribution in [3.63, 3.8) is 0 Å². The van der Waals surface area contributed by atoms with Crippen molar-refractivity contribution in [2.75, 3.05) is 9.80 Å². The van der Waals surface area contributed by atoms with E-state index in [1.54, 1.807) is 0 Å². The summed E-state index contributed by atoms with van der Waals surface area (Å²) in [5.74, 6) is -0.370. The molecule has 5 heteroatoms. The average Bonchev–Trinajstić information content (AvgIpc) is 3.50. The Labute approximate surface area is 441 Å². The van der Waals surface area contributed by atoms with Crippen molar-refractivity contribution < 1.29 is 9.53 Å². The van der Waals surface area contributed by atoms with E-state index >= 15 is 4.79 Å². The van der Waals surface area contributed by atoms with Gasteiger partial charge in [-0.2, -0.15) is 0 Å². The fraction of sp³-hybridized carbons (Fsp3) is 0.129. The number of hydrogen-bond donors (Lipinski definition) is 0. The molecule has 0 amide bonds. The fourth-order valence-electron chi connectivity index (χ4n) is 11.8. The number of carbonyl (C=O) groups is 1. The lowest BCUT2D eigenvalue weighted by Crippen LogP contribution is -2.61. The van der Waals surface area contributed by atoms with Crippen LogP contribution in [0.4, 0.5) is 34.1 Å². The maximum atomic E-state index is 15.1. The number of fused-ring (bicyclic) bond motifs is 5. The zero-order valence-corrected chi connectivity index (χ0v) is 42.8. The molecule has 10 aromatic carbocycles. The highest BCUT2D eigenvalue weighted by Crippen LogP contribution is 2.49. The van der Waals surface area contributed by atoms with Gasteiger partial charge in [-0.1, -0.05) is 191 Å². The molecule has 10 aromatic rings. The van der Waals surface area contributed by atoms with Crippen LogP contribution in [0.5, 0.6) is 0 Å². The van der Waals surface area contributed by atoms with Gasteiger partial charge in [0.2, 0.25) is 0 Å². The Bertz CT molecular complexity index is 3660. The Hall–Kier alpha value is -8.67. The lowest BCUT2D eigenvalue weighted by Gasteiger charge is -2.45. The second-order valence-corrected chi connectivity index (χ2v) is 21.5. The summed E-state index contributed by atoms with van der Waals surface area (Å²) in [5.41, 5.74) is 24.3. The van der Waals surface area contributed by atoms with E-state index in [4.69, 9.17) is 4.74 Å². The first-order chi connectivity index (χ1) is 36.7. The van der Waals surface area contributed by atoms with Crippen LogP contribution in [0.15, 0.2) is 231 Å². The zero-order valence-electron chi connectivity index (χ0n) is 42.8. The topological polar surface area (TPSA) is 32.8 Å². The number of benzene rings is 10. The van der Waals surface area contributed by atoms with Gasteiger partial charge in [-0.3, -0.25) is 0 Å². The van der Waals surface area contributed by atoms with Crippen LogP contribution in [0, 0.1) is 0 Å². The molecule has 0 saturated carbocycles. The number of rotatable bonds is 9. The quantitative estimate of drug-likeness (QED) is 0.107. The summed E-state index contributed by atoms with van der Waals surface area (Å²) in [6.45, 7) is 6.91. The van der Waals surface area contributed by atoms with Crippen LogP contribution >= 0.6 is 0 Å². The van der Waals surface area contributed by atoms with E-state index in [9.17, 15) is 0 Å². The van der Waals surface area contributed by atoms with Crippen LogP contribution in [0.1, 0.15) is 66.2 Å². The molecule has 0 fully saturated rings. The minimum atomic E-state index is -0.370. The molecule has 2 heterocycles. The summed E-state index contributed by atoms with van der Waals surface area (Å²) in [7, 11) is 0. The molecule has 4 nitrogen and oxygen atoms in total. The lowest BCUT2D eigenvalue weighted by atomic mass is 9.33. The first-order valence-electron chi connectivity index (χ1n) is 26.5. The van der Waals surface area contributed by atoms with E-state index in [1.807, 2.05) is 30.3 Å². The van der Waals surface area contributed by atoms with Gasteiger partial charge < -0.3 is 14.5 Å². The molecule has 0 saturated heterocycles. The van der Waals surface area contributed by atoms with Gasteiger partial charge in [-0.25, -0.2) is 4.79 Å². The van der Waals surface area contributed by atoms with E-state index in [1.165, 1.54) is 34.0 Å². The second kappa shape index (κ2) is 19.0.